The number of aromatic nitrogens is 3. The highest BCUT2D eigenvalue weighted by molar-refractivity contribution is 7.93. The third kappa shape index (κ3) is 3.30. The fourth-order valence-corrected chi connectivity index (χ4v) is 4.31. The molecule has 1 aromatic carbocycles. The summed E-state index contributed by atoms with van der Waals surface area (Å²) in [4.78, 5) is 3.17. The van der Waals surface area contributed by atoms with E-state index in [-0.39, 0.29) is 10.8 Å². The summed E-state index contributed by atoms with van der Waals surface area (Å²) >= 11 is 0. The zero-order valence-corrected chi connectivity index (χ0v) is 15.4. The average Bonchev–Trinajstić information content (AvgIpc) is 3.09. The molecule has 0 aliphatic heterocycles. The van der Waals surface area contributed by atoms with Gasteiger partial charge >= 0.3 is 0 Å². The van der Waals surface area contributed by atoms with Crippen LogP contribution in [0.5, 0.6) is 0 Å². The fraction of sp³-hybridized carbons (Fsp3) is 0.294. The Bertz CT molecular complexity index is 1020. The van der Waals surface area contributed by atoms with Gasteiger partial charge in [0.05, 0.1) is 5.56 Å². The van der Waals surface area contributed by atoms with Crippen LogP contribution in [0.25, 0.3) is 11.5 Å². The van der Waals surface area contributed by atoms with Crippen LogP contribution in [0.3, 0.4) is 0 Å². The van der Waals surface area contributed by atoms with Gasteiger partial charge in [-0.1, -0.05) is 19.1 Å². The van der Waals surface area contributed by atoms with Gasteiger partial charge in [0.15, 0.2) is 0 Å². The van der Waals surface area contributed by atoms with Crippen molar-refractivity contribution in [2.75, 3.05) is 4.72 Å². The first kappa shape index (κ1) is 17.2. The molecule has 0 saturated carbocycles. The molecule has 0 saturated heterocycles. The predicted octanol–water partition coefficient (Wildman–Crippen LogP) is 3.35. The molecular formula is C17H20N4O3S. The van der Waals surface area contributed by atoms with Crippen molar-refractivity contribution < 1.29 is 12.8 Å². The summed E-state index contributed by atoms with van der Waals surface area (Å²) in [5.41, 5.74) is 3.14. The molecule has 7 nitrogen and oxygen atoms in total. The summed E-state index contributed by atoms with van der Waals surface area (Å²) < 4.78 is 34.1. The van der Waals surface area contributed by atoms with Gasteiger partial charge in [-0.05, 0) is 38.0 Å². The van der Waals surface area contributed by atoms with Crippen molar-refractivity contribution in [3.63, 3.8) is 0 Å². The Morgan fingerprint density at radius 2 is 1.92 bits per heavy atom. The average molecular weight is 360 g/mol. The molecule has 0 atom stereocenters. The Kier molecular flexibility index (Phi) is 4.38. The molecule has 132 valence electrons. The van der Waals surface area contributed by atoms with Gasteiger partial charge in [0, 0.05) is 24.0 Å². The molecule has 0 amide bonds. The summed E-state index contributed by atoms with van der Waals surface area (Å²) in [6, 6.07) is 7.33. The van der Waals surface area contributed by atoms with Gasteiger partial charge in [0.1, 0.15) is 4.90 Å². The van der Waals surface area contributed by atoms with Crippen molar-refractivity contribution in [1.29, 1.82) is 0 Å². The quantitative estimate of drug-likeness (QED) is 0.726. The van der Waals surface area contributed by atoms with Crippen LogP contribution in [0.15, 0.2) is 33.6 Å². The van der Waals surface area contributed by atoms with E-state index in [0.717, 1.165) is 12.0 Å². The second kappa shape index (κ2) is 6.36. The fourth-order valence-electron chi connectivity index (χ4n) is 2.81. The molecular weight excluding hydrogens is 340 g/mol. The van der Waals surface area contributed by atoms with Gasteiger partial charge in [-0.15, -0.1) is 10.2 Å². The summed E-state index contributed by atoms with van der Waals surface area (Å²) in [6.07, 6.45) is 0.824. The minimum atomic E-state index is -3.83. The maximum atomic E-state index is 13.0. The minimum Gasteiger partial charge on any atom is -0.421 e. The highest BCUT2D eigenvalue weighted by Gasteiger charge is 2.29. The van der Waals surface area contributed by atoms with E-state index in [0.29, 0.717) is 28.5 Å². The zero-order chi connectivity index (χ0) is 18.2. The van der Waals surface area contributed by atoms with Crippen molar-refractivity contribution in [2.24, 2.45) is 0 Å². The van der Waals surface area contributed by atoms with Gasteiger partial charge in [-0.3, -0.25) is 4.72 Å². The Morgan fingerprint density at radius 3 is 2.56 bits per heavy atom. The summed E-state index contributed by atoms with van der Waals surface area (Å²) in [6.45, 7) is 7.16. The number of benzene rings is 1. The lowest BCUT2D eigenvalue weighted by molar-refractivity contribution is 0.531. The van der Waals surface area contributed by atoms with E-state index < -0.39 is 10.0 Å². The van der Waals surface area contributed by atoms with Crippen molar-refractivity contribution in [3.8, 4) is 11.5 Å². The van der Waals surface area contributed by atoms with E-state index in [1.807, 2.05) is 25.1 Å². The van der Waals surface area contributed by atoms with E-state index in [2.05, 4.69) is 19.9 Å². The number of nitrogens with one attached hydrogen (secondary N) is 2. The molecule has 0 bridgehead atoms. The van der Waals surface area contributed by atoms with Crippen LogP contribution in [0.4, 0.5) is 5.69 Å². The van der Waals surface area contributed by atoms with Crippen LogP contribution < -0.4 is 4.72 Å². The lowest BCUT2D eigenvalue weighted by atomic mass is 10.1. The van der Waals surface area contributed by atoms with E-state index in [4.69, 9.17) is 4.42 Å². The summed E-state index contributed by atoms with van der Waals surface area (Å²) in [7, 11) is -3.83. The lowest BCUT2D eigenvalue weighted by Gasteiger charge is -2.10. The van der Waals surface area contributed by atoms with Gasteiger partial charge in [0.25, 0.3) is 15.9 Å². The number of nitrogens with zero attached hydrogens (tertiary/aromatic N) is 2. The van der Waals surface area contributed by atoms with E-state index in [1.165, 1.54) is 0 Å². The first-order valence-electron chi connectivity index (χ1n) is 7.93. The van der Waals surface area contributed by atoms with E-state index in [1.54, 1.807) is 26.8 Å². The highest BCUT2D eigenvalue weighted by Crippen LogP contribution is 2.33. The minimum absolute atomic E-state index is 0.121. The third-order valence-corrected chi connectivity index (χ3v) is 5.47. The number of anilines is 1. The molecule has 0 fully saturated rings. The van der Waals surface area contributed by atoms with Crippen molar-refractivity contribution in [3.05, 3.63) is 47.1 Å². The van der Waals surface area contributed by atoms with Crippen LogP contribution in [0.1, 0.15) is 29.8 Å². The number of aryl methyl sites for hydroxylation is 4. The summed E-state index contributed by atoms with van der Waals surface area (Å²) in [5.74, 6) is 0.558. The number of H-pyrrole nitrogens is 1. The van der Waals surface area contributed by atoms with Crippen molar-refractivity contribution in [2.45, 2.75) is 39.0 Å². The standard InChI is InChI=1S/C17H20N4O3S/c1-5-13-7-6-8-14(9-13)21-25(22,23)16-11(3)18-10(2)15(16)17-20-19-12(4)24-17/h6-9,18,21H,5H2,1-4H3. The maximum Gasteiger partial charge on any atom is 0.264 e. The molecule has 2 N–H and O–H groups in total. The molecule has 25 heavy (non-hydrogen) atoms. The van der Waals surface area contributed by atoms with Crippen LogP contribution in [0.2, 0.25) is 0 Å². The van der Waals surface area contributed by atoms with Crippen LogP contribution in [-0.2, 0) is 16.4 Å². The van der Waals surface area contributed by atoms with Crippen molar-refractivity contribution >= 4 is 15.7 Å². The molecule has 0 aliphatic carbocycles. The second-order valence-corrected chi connectivity index (χ2v) is 7.48. The molecule has 0 aliphatic rings. The Labute approximate surface area is 146 Å². The number of hydrogen-bond acceptors (Lipinski definition) is 5. The van der Waals surface area contributed by atoms with Gasteiger partial charge in [-0.2, -0.15) is 0 Å². The van der Waals surface area contributed by atoms with Gasteiger partial charge < -0.3 is 9.40 Å². The highest BCUT2D eigenvalue weighted by atomic mass is 32.2. The van der Waals surface area contributed by atoms with Crippen LogP contribution >= 0.6 is 0 Å². The van der Waals surface area contributed by atoms with Crippen molar-refractivity contribution in [1.82, 2.24) is 15.2 Å². The van der Waals surface area contributed by atoms with E-state index >= 15 is 0 Å². The summed E-state index contributed by atoms with van der Waals surface area (Å²) in [5, 5.41) is 7.77. The molecule has 0 spiro atoms. The Morgan fingerprint density at radius 1 is 1.16 bits per heavy atom. The molecule has 3 rings (SSSR count). The molecule has 2 aromatic heterocycles. The van der Waals surface area contributed by atoms with Crippen LogP contribution in [-0.4, -0.2) is 23.6 Å². The lowest BCUT2D eigenvalue weighted by Crippen LogP contribution is -2.14. The van der Waals surface area contributed by atoms with E-state index in [9.17, 15) is 8.42 Å². The monoisotopic (exact) mass is 360 g/mol. The maximum absolute atomic E-state index is 13.0. The second-order valence-electron chi connectivity index (χ2n) is 5.86. The predicted molar refractivity (Wildman–Crippen MR) is 94.9 cm³/mol. The molecule has 8 heteroatoms. The largest absolute Gasteiger partial charge is 0.421 e. The third-order valence-electron chi connectivity index (χ3n) is 3.91. The Balaban J connectivity index is 2.08. The molecule has 2 heterocycles. The number of sulfonamides is 1. The number of aromatic amines is 1. The number of hydrogen-bond donors (Lipinski definition) is 2. The number of rotatable bonds is 5. The van der Waals surface area contributed by atoms with Gasteiger partial charge in [-0.25, -0.2) is 8.42 Å². The Hall–Kier alpha value is -2.61. The molecule has 3 aromatic rings. The normalized spacial score (nSPS) is 11.7. The SMILES string of the molecule is CCc1cccc(NS(=O)(=O)c2c(C)[nH]c(C)c2-c2nnc(C)o2)c1. The zero-order valence-electron chi connectivity index (χ0n) is 14.5. The first-order valence-corrected chi connectivity index (χ1v) is 9.41. The topological polar surface area (TPSA) is 101 Å². The molecule has 0 unspecified atom stereocenters. The van der Waals surface area contributed by atoms with Crippen LogP contribution in [0, 0.1) is 20.8 Å². The molecule has 0 radical (unpaired) electrons. The smallest absolute Gasteiger partial charge is 0.264 e. The van der Waals surface area contributed by atoms with Gasteiger partial charge in [0.2, 0.25) is 5.89 Å². The first-order chi connectivity index (χ1) is 11.8.